The molecular weight excluding hydrogens is 348 g/mol. The van der Waals surface area contributed by atoms with E-state index in [1.807, 2.05) is 24.3 Å². The molecule has 0 atom stereocenters. The van der Waals surface area contributed by atoms with Gasteiger partial charge >= 0.3 is 0 Å². The van der Waals surface area contributed by atoms with Crippen molar-refractivity contribution in [2.75, 3.05) is 6.54 Å². The number of hydrogen-bond acceptors (Lipinski definition) is 1. The molecule has 0 radical (unpaired) electrons. The Hall–Kier alpha value is -0.440. The second kappa shape index (κ2) is 7.71. The van der Waals surface area contributed by atoms with E-state index >= 15 is 0 Å². The zero-order chi connectivity index (χ0) is 15.4. The van der Waals surface area contributed by atoms with E-state index in [2.05, 4.69) is 12.2 Å². The molecule has 0 saturated carbocycles. The number of benzene rings is 2. The van der Waals surface area contributed by atoms with E-state index < -0.39 is 0 Å². The van der Waals surface area contributed by atoms with Gasteiger partial charge in [0.25, 0.3) is 0 Å². The summed E-state index contributed by atoms with van der Waals surface area (Å²) in [7, 11) is 0. The maximum absolute atomic E-state index is 6.34. The molecule has 0 unspecified atom stereocenters. The number of hydrogen-bond donors (Lipinski definition) is 1. The maximum atomic E-state index is 6.34. The molecule has 0 heterocycles. The summed E-state index contributed by atoms with van der Waals surface area (Å²) in [5.41, 5.74) is 2.73. The standard InChI is InChI=1S/C16H15Cl4N/c1-2-7-21-9-10-5-3-4-6-11(10)14-15(19)12(17)8-13(18)16(14)20/h3-6,8,21H,2,7,9H2,1H3. The molecule has 0 aliphatic heterocycles. The summed E-state index contributed by atoms with van der Waals surface area (Å²) < 4.78 is 0. The first-order chi connectivity index (χ1) is 10.1. The predicted molar refractivity (Wildman–Crippen MR) is 93.9 cm³/mol. The normalized spacial score (nSPS) is 10.9. The highest BCUT2D eigenvalue weighted by Gasteiger charge is 2.17. The summed E-state index contributed by atoms with van der Waals surface area (Å²) >= 11 is 24.9. The van der Waals surface area contributed by atoms with E-state index in [0.717, 1.165) is 30.6 Å². The van der Waals surface area contributed by atoms with Crippen LogP contribution in [0.25, 0.3) is 11.1 Å². The van der Waals surface area contributed by atoms with E-state index in [4.69, 9.17) is 46.4 Å². The molecule has 1 nitrogen and oxygen atoms in total. The Morgan fingerprint density at radius 1 is 0.952 bits per heavy atom. The van der Waals surface area contributed by atoms with Gasteiger partial charge in [0.05, 0.1) is 20.1 Å². The van der Waals surface area contributed by atoms with Gasteiger partial charge in [0.15, 0.2) is 0 Å². The number of nitrogens with one attached hydrogen (secondary N) is 1. The fourth-order valence-electron chi connectivity index (χ4n) is 2.13. The molecule has 0 saturated heterocycles. The first-order valence-electron chi connectivity index (χ1n) is 6.68. The molecule has 0 fully saturated rings. The van der Waals surface area contributed by atoms with Gasteiger partial charge in [0, 0.05) is 12.1 Å². The molecule has 0 aliphatic carbocycles. The lowest BCUT2D eigenvalue weighted by molar-refractivity contribution is 0.676. The Balaban J connectivity index is 2.52. The van der Waals surface area contributed by atoms with Crippen molar-refractivity contribution in [3.05, 3.63) is 56.0 Å². The molecule has 0 amide bonds. The predicted octanol–water partition coefficient (Wildman–Crippen LogP) is 6.47. The van der Waals surface area contributed by atoms with Crippen LogP contribution in [0.3, 0.4) is 0 Å². The second-order valence-corrected chi connectivity index (χ2v) is 6.25. The van der Waals surface area contributed by atoms with Crippen LogP contribution in [0.1, 0.15) is 18.9 Å². The SMILES string of the molecule is CCCNCc1ccccc1-c1c(Cl)c(Cl)cc(Cl)c1Cl. The van der Waals surface area contributed by atoms with Gasteiger partial charge in [-0.25, -0.2) is 0 Å². The van der Waals surface area contributed by atoms with Gasteiger partial charge in [-0.05, 0) is 30.2 Å². The van der Waals surface area contributed by atoms with Crippen molar-refractivity contribution < 1.29 is 0 Å². The molecule has 2 aromatic rings. The summed E-state index contributed by atoms with van der Waals surface area (Å²) in [6, 6.07) is 9.51. The zero-order valence-corrected chi connectivity index (χ0v) is 14.5. The quantitative estimate of drug-likeness (QED) is 0.474. The van der Waals surface area contributed by atoms with Crippen LogP contribution < -0.4 is 5.32 Å². The third-order valence-electron chi connectivity index (χ3n) is 3.14. The van der Waals surface area contributed by atoms with E-state index in [1.54, 1.807) is 6.07 Å². The van der Waals surface area contributed by atoms with E-state index in [0.29, 0.717) is 25.7 Å². The van der Waals surface area contributed by atoms with Gasteiger partial charge in [0.1, 0.15) is 0 Å². The first-order valence-corrected chi connectivity index (χ1v) is 8.19. The highest BCUT2D eigenvalue weighted by Crippen LogP contribution is 2.44. The molecular formula is C16H15Cl4N. The smallest absolute Gasteiger partial charge is 0.0686 e. The van der Waals surface area contributed by atoms with E-state index in [1.165, 1.54) is 0 Å². The van der Waals surface area contributed by atoms with Crippen molar-refractivity contribution >= 4 is 46.4 Å². The lowest BCUT2D eigenvalue weighted by atomic mass is 9.99. The minimum absolute atomic E-state index is 0.400. The minimum Gasteiger partial charge on any atom is -0.313 e. The second-order valence-electron chi connectivity index (χ2n) is 4.68. The van der Waals surface area contributed by atoms with Crippen LogP contribution in [-0.2, 0) is 6.54 Å². The summed E-state index contributed by atoms with van der Waals surface area (Å²) in [6.07, 6.45) is 1.08. The Morgan fingerprint density at radius 2 is 1.57 bits per heavy atom. The Labute approximate surface area is 145 Å². The lowest BCUT2D eigenvalue weighted by Crippen LogP contribution is -2.14. The average Bonchev–Trinajstić information content (AvgIpc) is 2.47. The van der Waals surface area contributed by atoms with Gasteiger partial charge in [-0.2, -0.15) is 0 Å². The van der Waals surface area contributed by atoms with Gasteiger partial charge in [-0.1, -0.05) is 77.6 Å². The fourth-order valence-corrected chi connectivity index (χ4v) is 3.14. The van der Waals surface area contributed by atoms with Crippen molar-refractivity contribution in [3.63, 3.8) is 0 Å². The van der Waals surface area contributed by atoms with Gasteiger partial charge < -0.3 is 5.32 Å². The summed E-state index contributed by atoms with van der Waals surface area (Å²) in [4.78, 5) is 0. The third kappa shape index (κ3) is 3.85. The van der Waals surface area contributed by atoms with Gasteiger partial charge in [-0.15, -0.1) is 0 Å². The first kappa shape index (κ1) is 16.9. The van der Waals surface area contributed by atoms with Crippen LogP contribution in [-0.4, -0.2) is 6.54 Å². The summed E-state index contributed by atoms with van der Waals surface area (Å²) in [6.45, 7) is 3.82. The average molecular weight is 363 g/mol. The van der Waals surface area contributed by atoms with E-state index in [9.17, 15) is 0 Å². The van der Waals surface area contributed by atoms with Crippen molar-refractivity contribution in [1.29, 1.82) is 0 Å². The summed E-state index contributed by atoms with van der Waals surface area (Å²) in [5.74, 6) is 0. The molecule has 0 aliphatic rings. The molecule has 0 aromatic heterocycles. The Bertz CT molecular complexity index is 614. The van der Waals surface area contributed by atoms with Crippen molar-refractivity contribution in [3.8, 4) is 11.1 Å². The molecule has 5 heteroatoms. The van der Waals surface area contributed by atoms with Crippen molar-refractivity contribution in [2.24, 2.45) is 0 Å². The Kier molecular flexibility index (Phi) is 6.21. The summed E-state index contributed by atoms with van der Waals surface area (Å²) in [5, 5.41) is 5.03. The number of halogens is 4. The van der Waals surface area contributed by atoms with Crippen molar-refractivity contribution in [2.45, 2.75) is 19.9 Å². The third-order valence-corrected chi connectivity index (χ3v) is 4.72. The molecule has 0 bridgehead atoms. The van der Waals surface area contributed by atoms with Crippen LogP contribution in [0.2, 0.25) is 20.1 Å². The van der Waals surface area contributed by atoms with Crippen LogP contribution in [0.5, 0.6) is 0 Å². The highest BCUT2D eigenvalue weighted by molar-refractivity contribution is 6.50. The molecule has 1 N–H and O–H groups in total. The van der Waals surface area contributed by atoms with Crippen LogP contribution in [0, 0.1) is 0 Å². The lowest BCUT2D eigenvalue weighted by Gasteiger charge is -2.15. The van der Waals surface area contributed by atoms with Gasteiger partial charge in [-0.3, -0.25) is 0 Å². The fraction of sp³-hybridized carbons (Fsp3) is 0.250. The molecule has 112 valence electrons. The molecule has 0 spiro atoms. The minimum atomic E-state index is 0.400. The largest absolute Gasteiger partial charge is 0.313 e. The molecule has 2 rings (SSSR count). The zero-order valence-electron chi connectivity index (χ0n) is 11.5. The van der Waals surface area contributed by atoms with Crippen molar-refractivity contribution in [1.82, 2.24) is 5.32 Å². The van der Waals surface area contributed by atoms with Crippen LogP contribution in [0.4, 0.5) is 0 Å². The Morgan fingerprint density at radius 3 is 2.19 bits per heavy atom. The van der Waals surface area contributed by atoms with Gasteiger partial charge in [0.2, 0.25) is 0 Å². The highest BCUT2D eigenvalue weighted by atomic mass is 35.5. The molecule has 2 aromatic carbocycles. The topological polar surface area (TPSA) is 12.0 Å². The number of rotatable bonds is 5. The van der Waals surface area contributed by atoms with Crippen LogP contribution >= 0.6 is 46.4 Å². The monoisotopic (exact) mass is 361 g/mol. The van der Waals surface area contributed by atoms with E-state index in [-0.39, 0.29) is 0 Å². The maximum Gasteiger partial charge on any atom is 0.0686 e. The van der Waals surface area contributed by atoms with Crippen LogP contribution in [0.15, 0.2) is 30.3 Å². The molecule has 21 heavy (non-hydrogen) atoms.